The maximum atomic E-state index is 12.8. The van der Waals surface area contributed by atoms with Crippen LogP contribution in [0.3, 0.4) is 0 Å². The third kappa shape index (κ3) is 6.75. The maximum absolute atomic E-state index is 12.8. The predicted molar refractivity (Wildman–Crippen MR) is 104 cm³/mol. The molecule has 9 nitrogen and oxygen atoms in total. The van der Waals surface area contributed by atoms with Crippen LogP contribution in [0.5, 0.6) is 0 Å². The zero-order valence-electron chi connectivity index (χ0n) is 17.9. The van der Waals surface area contributed by atoms with Gasteiger partial charge >= 0.3 is 18.1 Å². The summed E-state index contributed by atoms with van der Waals surface area (Å²) in [7, 11) is 0. The van der Waals surface area contributed by atoms with E-state index in [-0.39, 0.29) is 32.0 Å². The van der Waals surface area contributed by atoms with E-state index in [0.29, 0.717) is 32.4 Å². The molecule has 0 spiro atoms. The Bertz CT molecular complexity index is 730. The molecular formula is C20H28F3N3O6. The number of hydrogen-bond acceptors (Lipinski definition) is 7. The number of alkyl halides is 3. The Morgan fingerprint density at radius 1 is 1.03 bits per heavy atom. The van der Waals surface area contributed by atoms with Crippen molar-refractivity contribution in [3.8, 4) is 0 Å². The number of unbranched alkanes of at least 4 members (excludes halogenated alkanes) is 1. The van der Waals surface area contributed by atoms with Crippen LogP contribution in [0, 0.1) is 0 Å². The minimum Gasteiger partial charge on any atom is -0.385 e. The normalized spacial score (nSPS) is 21.2. The number of rotatable bonds is 9. The summed E-state index contributed by atoms with van der Waals surface area (Å²) in [5, 5.41) is 0. The van der Waals surface area contributed by atoms with Crippen molar-refractivity contribution in [1.29, 1.82) is 0 Å². The highest BCUT2D eigenvalue weighted by Gasteiger charge is 2.45. The smallest absolute Gasteiger partial charge is 0.385 e. The van der Waals surface area contributed by atoms with Crippen LogP contribution in [-0.2, 0) is 28.7 Å². The SMILES string of the molecule is CCCCN(CC(=O)N1CCC[C@@H]1C(=O)OC(=O)C(F)(F)F)CC(=O)N1CCC[C@@H]1C=O. The van der Waals surface area contributed by atoms with Crippen LogP contribution >= 0.6 is 0 Å². The minimum atomic E-state index is -5.31. The summed E-state index contributed by atoms with van der Waals surface area (Å²) in [6.07, 6.45) is -1.31. The van der Waals surface area contributed by atoms with Crippen LogP contribution in [0.4, 0.5) is 13.2 Å². The van der Waals surface area contributed by atoms with Crippen LogP contribution in [-0.4, -0.2) is 95.7 Å². The lowest BCUT2D eigenvalue weighted by Crippen LogP contribution is -2.49. The van der Waals surface area contributed by atoms with Gasteiger partial charge in [0, 0.05) is 13.1 Å². The highest BCUT2D eigenvalue weighted by atomic mass is 19.4. The topological polar surface area (TPSA) is 104 Å². The van der Waals surface area contributed by atoms with E-state index in [1.165, 1.54) is 4.90 Å². The Balaban J connectivity index is 2.01. The number of esters is 2. The van der Waals surface area contributed by atoms with Crippen LogP contribution < -0.4 is 0 Å². The molecule has 0 aromatic carbocycles. The summed E-state index contributed by atoms with van der Waals surface area (Å²) in [6.45, 7) is 2.64. The van der Waals surface area contributed by atoms with E-state index in [1.54, 1.807) is 4.90 Å². The molecule has 0 N–H and O–H groups in total. The van der Waals surface area contributed by atoms with E-state index >= 15 is 0 Å². The second kappa shape index (κ2) is 11.4. The number of carbonyl (C=O) groups excluding carboxylic acids is 5. The van der Waals surface area contributed by atoms with Gasteiger partial charge in [-0.25, -0.2) is 9.59 Å². The Hall–Kier alpha value is -2.50. The number of likely N-dealkylation sites (tertiary alicyclic amines) is 2. The molecule has 2 aliphatic rings. The Morgan fingerprint density at radius 2 is 1.62 bits per heavy atom. The van der Waals surface area contributed by atoms with Crippen molar-refractivity contribution in [2.75, 3.05) is 32.7 Å². The lowest BCUT2D eigenvalue weighted by atomic mass is 10.2. The lowest BCUT2D eigenvalue weighted by Gasteiger charge is -2.29. The van der Waals surface area contributed by atoms with Gasteiger partial charge in [-0.15, -0.1) is 0 Å². The van der Waals surface area contributed by atoms with E-state index in [0.717, 1.165) is 24.0 Å². The van der Waals surface area contributed by atoms with Gasteiger partial charge in [-0.1, -0.05) is 13.3 Å². The number of ether oxygens (including phenoxy) is 1. The molecule has 0 aromatic heterocycles. The van der Waals surface area contributed by atoms with Crippen molar-refractivity contribution in [3.63, 3.8) is 0 Å². The molecule has 0 unspecified atom stereocenters. The summed E-state index contributed by atoms with van der Waals surface area (Å²) < 4.78 is 41.0. The summed E-state index contributed by atoms with van der Waals surface area (Å²) in [5.41, 5.74) is 0. The average molecular weight is 463 g/mol. The summed E-state index contributed by atoms with van der Waals surface area (Å²) in [4.78, 5) is 63.8. The molecule has 2 aliphatic heterocycles. The van der Waals surface area contributed by atoms with Crippen LogP contribution in [0.1, 0.15) is 45.4 Å². The van der Waals surface area contributed by atoms with E-state index in [4.69, 9.17) is 0 Å². The zero-order valence-corrected chi connectivity index (χ0v) is 17.9. The quantitative estimate of drug-likeness (QED) is 0.284. The fourth-order valence-electron chi connectivity index (χ4n) is 3.93. The van der Waals surface area contributed by atoms with Crippen molar-refractivity contribution in [1.82, 2.24) is 14.7 Å². The highest BCUT2D eigenvalue weighted by Crippen LogP contribution is 2.22. The first-order valence-corrected chi connectivity index (χ1v) is 10.7. The van der Waals surface area contributed by atoms with Gasteiger partial charge in [0.05, 0.1) is 19.1 Å². The van der Waals surface area contributed by atoms with Crippen molar-refractivity contribution in [2.24, 2.45) is 0 Å². The second-order valence-corrected chi connectivity index (χ2v) is 7.95. The number of aldehydes is 1. The monoisotopic (exact) mass is 463 g/mol. The highest BCUT2D eigenvalue weighted by molar-refractivity contribution is 5.93. The van der Waals surface area contributed by atoms with Crippen LogP contribution in [0.25, 0.3) is 0 Å². The van der Waals surface area contributed by atoms with Crippen LogP contribution in [0.2, 0.25) is 0 Å². The number of carbonyl (C=O) groups is 5. The van der Waals surface area contributed by atoms with Crippen molar-refractivity contribution in [3.05, 3.63) is 0 Å². The fraction of sp³-hybridized carbons (Fsp3) is 0.750. The number of halogens is 3. The first kappa shape index (κ1) is 25.8. The average Bonchev–Trinajstić information content (AvgIpc) is 3.40. The van der Waals surface area contributed by atoms with E-state index in [1.807, 2.05) is 6.92 Å². The van der Waals surface area contributed by atoms with Gasteiger partial charge in [0.2, 0.25) is 11.8 Å². The van der Waals surface area contributed by atoms with Crippen LogP contribution in [0.15, 0.2) is 0 Å². The number of nitrogens with zero attached hydrogens (tertiary/aromatic N) is 3. The standard InChI is InChI=1S/C20H28F3N3O6/c1-2-3-8-24(11-16(28)25-9-4-6-14(25)13-27)12-17(29)26-10-5-7-15(26)18(30)32-19(31)20(21,22)23/h13-15H,2-12H2,1H3/t14-,15-/m1/s1. The molecule has 2 amide bonds. The molecule has 180 valence electrons. The van der Waals surface area contributed by atoms with Gasteiger partial charge in [0.25, 0.3) is 0 Å². The van der Waals surface area contributed by atoms with Gasteiger partial charge in [0.15, 0.2) is 0 Å². The van der Waals surface area contributed by atoms with E-state index in [9.17, 15) is 37.1 Å². The van der Waals surface area contributed by atoms with E-state index in [2.05, 4.69) is 4.74 Å². The largest absolute Gasteiger partial charge is 0.491 e. The van der Waals surface area contributed by atoms with Crippen molar-refractivity contribution in [2.45, 2.75) is 63.7 Å². The van der Waals surface area contributed by atoms with Crippen molar-refractivity contribution >= 4 is 30.0 Å². The molecule has 0 saturated carbocycles. The summed E-state index contributed by atoms with van der Waals surface area (Å²) in [5.74, 6) is -4.86. The molecule has 0 aromatic rings. The molecule has 2 atom stereocenters. The third-order valence-electron chi connectivity index (χ3n) is 5.59. The first-order valence-electron chi connectivity index (χ1n) is 10.7. The van der Waals surface area contributed by atoms with Gasteiger partial charge in [-0.3, -0.25) is 14.5 Å². The summed E-state index contributed by atoms with van der Waals surface area (Å²) in [6, 6.07) is -1.76. The summed E-state index contributed by atoms with van der Waals surface area (Å²) >= 11 is 0. The molecule has 2 saturated heterocycles. The molecule has 32 heavy (non-hydrogen) atoms. The second-order valence-electron chi connectivity index (χ2n) is 7.95. The zero-order chi connectivity index (χ0) is 23.9. The molecule has 2 fully saturated rings. The molecule has 0 aliphatic carbocycles. The minimum absolute atomic E-state index is 0.0817. The van der Waals surface area contributed by atoms with Crippen molar-refractivity contribution < 1.29 is 41.9 Å². The third-order valence-corrected chi connectivity index (χ3v) is 5.59. The molecular weight excluding hydrogens is 435 g/mol. The molecule has 0 radical (unpaired) electrons. The Labute approximate surface area is 183 Å². The lowest BCUT2D eigenvalue weighted by molar-refractivity contribution is -0.203. The van der Waals surface area contributed by atoms with Gasteiger partial charge in [0.1, 0.15) is 12.3 Å². The number of amides is 2. The maximum Gasteiger partial charge on any atom is 0.491 e. The molecule has 12 heteroatoms. The predicted octanol–water partition coefficient (Wildman–Crippen LogP) is 0.902. The molecule has 2 rings (SSSR count). The fourth-order valence-corrected chi connectivity index (χ4v) is 3.93. The molecule has 0 bridgehead atoms. The van der Waals surface area contributed by atoms with Gasteiger partial charge in [-0.2, -0.15) is 13.2 Å². The number of hydrogen-bond donors (Lipinski definition) is 0. The Kier molecular flexibility index (Phi) is 9.17. The Morgan fingerprint density at radius 3 is 2.22 bits per heavy atom. The van der Waals surface area contributed by atoms with E-state index < -0.39 is 36.1 Å². The molecule has 2 heterocycles. The van der Waals surface area contributed by atoms with Gasteiger partial charge in [-0.05, 0) is 38.6 Å². The van der Waals surface area contributed by atoms with Gasteiger partial charge < -0.3 is 19.3 Å². The first-order chi connectivity index (χ1) is 15.1.